The van der Waals surface area contributed by atoms with Gasteiger partial charge in [0.1, 0.15) is 0 Å². The molecule has 4 heteroatoms. The van der Waals surface area contributed by atoms with Crippen LogP contribution in [0.2, 0.25) is 0 Å². The molecule has 3 aromatic carbocycles. The molecule has 1 aliphatic carbocycles. The Labute approximate surface area is 218 Å². The smallest absolute Gasteiger partial charge is 1.00 e. The van der Waals surface area contributed by atoms with Crippen molar-refractivity contribution in [1.29, 1.82) is 0 Å². The second kappa shape index (κ2) is 10.8. The second-order valence-electron chi connectivity index (χ2n) is 8.79. The second-order valence-corrected chi connectivity index (χ2v) is 24.2. The summed E-state index contributed by atoms with van der Waals surface area (Å²) in [6.07, 6.45) is 7.04. The van der Waals surface area contributed by atoms with Crippen LogP contribution in [0, 0.1) is 0 Å². The van der Waals surface area contributed by atoms with Gasteiger partial charge < -0.3 is 24.8 Å². The molecule has 171 valence electrons. The first-order chi connectivity index (χ1) is 15.7. The van der Waals surface area contributed by atoms with Gasteiger partial charge in [-0.1, -0.05) is 0 Å². The standard InChI is InChI=1S/C8H9.3C6H5.C4H4P.2ClH.Zr/c1-7(2)8-5-3-4-6-8;3*1-2-4-6-5-3-1;1-2-4-5-3-1;;;/h3-5H,1-2H3;3*1-5H;1-3,5H;2*1H;/q;;;;;;;+2/p-2. The van der Waals surface area contributed by atoms with Gasteiger partial charge in [-0.25, -0.2) is 0 Å². The largest absolute Gasteiger partial charge is 1.00 e. The number of halogens is 2. The van der Waals surface area contributed by atoms with Crippen molar-refractivity contribution in [3.63, 3.8) is 0 Å². The maximum Gasteiger partial charge on any atom is -1.00 e. The Kier molecular flexibility index (Phi) is 8.49. The maximum atomic E-state index is 2.44. The Hall–Kier alpha value is -1.88. The van der Waals surface area contributed by atoms with E-state index in [0.29, 0.717) is 8.19 Å². The molecule has 1 aliphatic rings. The number of rotatable bonds is 5. The van der Waals surface area contributed by atoms with Crippen molar-refractivity contribution in [2.75, 3.05) is 0 Å². The van der Waals surface area contributed by atoms with Gasteiger partial charge in [-0.3, -0.25) is 0 Å². The zero-order valence-electron chi connectivity index (χ0n) is 19.4. The van der Waals surface area contributed by atoms with Crippen LogP contribution < -0.4 is 37.6 Å². The monoisotopic (exact) mass is 579 g/mol. The third-order valence-electron chi connectivity index (χ3n) is 7.08. The molecule has 0 radical (unpaired) electrons. The minimum absolute atomic E-state index is 0. The average Bonchev–Trinajstić information content (AvgIpc) is 3.56. The Morgan fingerprint density at radius 3 is 1.47 bits per heavy atom. The van der Waals surface area contributed by atoms with E-state index in [1.807, 2.05) is 0 Å². The zero-order valence-corrected chi connectivity index (χ0v) is 24.4. The minimum Gasteiger partial charge on any atom is -1.00 e. The molecule has 1 aromatic heterocycles. The van der Waals surface area contributed by atoms with E-state index in [-0.39, 0.29) is 24.8 Å². The molecule has 0 N–H and O–H groups in total. The third kappa shape index (κ3) is 3.70. The topological polar surface area (TPSA) is 0 Å². The molecule has 1 heterocycles. The van der Waals surface area contributed by atoms with Crippen molar-refractivity contribution in [2.45, 2.75) is 13.8 Å². The quantitative estimate of drug-likeness (QED) is 0.307. The number of hydrogen-bond acceptors (Lipinski definition) is 0. The molecule has 34 heavy (non-hydrogen) atoms. The molecule has 0 aliphatic heterocycles. The summed E-state index contributed by atoms with van der Waals surface area (Å²) >= 11 is -4.56. The van der Waals surface area contributed by atoms with Crippen LogP contribution in [-0.4, -0.2) is 0 Å². The summed E-state index contributed by atoms with van der Waals surface area (Å²) in [4.78, 5) is 0. The molecule has 0 saturated carbocycles. The van der Waals surface area contributed by atoms with Gasteiger partial charge in [0.15, 0.2) is 0 Å². The number of allylic oxidation sites excluding steroid dienone is 6. The zero-order chi connectivity index (χ0) is 22.0. The molecule has 0 bridgehead atoms. The van der Waals surface area contributed by atoms with Crippen LogP contribution in [0.25, 0.3) is 0 Å². The van der Waals surface area contributed by atoms with E-state index in [9.17, 15) is 0 Å². The summed E-state index contributed by atoms with van der Waals surface area (Å²) < 4.78 is 7.62. The number of hydrogen-bond donors (Lipinski definition) is 0. The fourth-order valence-corrected chi connectivity index (χ4v) is 31.1. The summed E-state index contributed by atoms with van der Waals surface area (Å²) in [5.41, 5.74) is 2.79. The van der Waals surface area contributed by atoms with Gasteiger partial charge in [0.05, 0.1) is 0 Å². The molecule has 0 fully saturated rings. The van der Waals surface area contributed by atoms with E-state index in [0.717, 1.165) is 0 Å². The van der Waals surface area contributed by atoms with E-state index >= 15 is 0 Å². The third-order valence-corrected chi connectivity index (χ3v) is 29.7. The van der Waals surface area contributed by atoms with Crippen molar-refractivity contribution in [1.82, 2.24) is 0 Å². The first kappa shape index (κ1) is 26.7. The molecule has 0 saturated heterocycles. The Morgan fingerprint density at radius 1 is 0.618 bits per heavy atom. The summed E-state index contributed by atoms with van der Waals surface area (Å²) in [5, 5.41) is 0. The molecule has 0 nitrogen and oxygen atoms in total. The van der Waals surface area contributed by atoms with Gasteiger partial charge in [0.25, 0.3) is 0 Å². The van der Waals surface area contributed by atoms with E-state index in [4.69, 9.17) is 0 Å². The fourth-order valence-electron chi connectivity index (χ4n) is 5.83. The predicted octanol–water partition coefficient (Wildman–Crippen LogP) is -0.193. The van der Waals surface area contributed by atoms with Gasteiger partial charge in [-0.05, 0) is 0 Å². The van der Waals surface area contributed by atoms with Crippen LogP contribution in [0.15, 0.2) is 142 Å². The first-order valence-corrected chi connectivity index (χ1v) is 18.4. The molecule has 1 unspecified atom stereocenters. The predicted molar refractivity (Wildman–Crippen MR) is 139 cm³/mol. The van der Waals surface area contributed by atoms with Crippen LogP contribution >= 0.6 is 8.19 Å². The van der Waals surface area contributed by atoms with Gasteiger partial charge in [0.2, 0.25) is 0 Å². The fraction of sp³-hybridized carbons (Fsp3) is 0.0667. The van der Waals surface area contributed by atoms with E-state index in [1.165, 1.54) is 24.2 Å². The summed E-state index contributed by atoms with van der Waals surface area (Å²) in [5.74, 6) is 2.36. The van der Waals surface area contributed by atoms with Gasteiger partial charge in [-0.15, -0.1) is 0 Å². The molecular formula is C30H28Cl2PZr. The van der Waals surface area contributed by atoms with E-state index < -0.39 is 18.8 Å². The maximum absolute atomic E-state index is 4.56. The molecule has 1 atom stereocenters. The number of benzene rings is 3. The molecule has 0 amide bonds. The van der Waals surface area contributed by atoms with Crippen LogP contribution in [0.3, 0.4) is 0 Å². The van der Waals surface area contributed by atoms with Crippen LogP contribution in [0.5, 0.6) is 0 Å². The van der Waals surface area contributed by atoms with Crippen molar-refractivity contribution >= 4 is 21.0 Å². The Balaban J connectivity index is 0.00000162. The van der Waals surface area contributed by atoms with Gasteiger partial charge in [0, 0.05) is 0 Å². The minimum atomic E-state index is -4.56. The molecular weight excluding hydrogens is 553 g/mol. The van der Waals surface area contributed by atoms with E-state index in [1.54, 1.807) is 3.00 Å². The van der Waals surface area contributed by atoms with Crippen molar-refractivity contribution < 1.29 is 43.6 Å². The van der Waals surface area contributed by atoms with Crippen molar-refractivity contribution in [3.8, 4) is 0 Å². The Morgan fingerprint density at radius 2 is 1.09 bits per heavy atom. The van der Waals surface area contributed by atoms with Crippen LogP contribution in [-0.2, 0) is 18.8 Å². The summed E-state index contributed by atoms with van der Waals surface area (Å²) in [6, 6.07) is 38.9. The average molecular weight is 582 g/mol. The molecule has 4 aromatic rings. The van der Waals surface area contributed by atoms with E-state index in [2.05, 4.69) is 141 Å². The van der Waals surface area contributed by atoms with Crippen molar-refractivity contribution in [3.05, 3.63) is 142 Å². The SMILES string of the molecule is CC(C)=C1C=CC=[C]1[Zr+2]([c]1ccccc1)([c]1ccccc1)([c]1ccccc1)[c]1ccc[pH]1.[Cl-].[Cl-]. The van der Waals surface area contributed by atoms with Crippen molar-refractivity contribution in [2.24, 2.45) is 0 Å². The molecule has 5 rings (SSSR count). The normalized spacial score (nSPS) is 13.3. The molecule has 0 spiro atoms. The van der Waals surface area contributed by atoms with Gasteiger partial charge >= 0.3 is 195 Å². The first-order valence-electron chi connectivity index (χ1n) is 11.2. The summed E-state index contributed by atoms with van der Waals surface area (Å²) in [7, 11) is 0.691. The summed E-state index contributed by atoms with van der Waals surface area (Å²) in [6.45, 7) is 4.52. The Bertz CT molecular complexity index is 1220. The van der Waals surface area contributed by atoms with Crippen LogP contribution in [0.4, 0.5) is 0 Å². The van der Waals surface area contributed by atoms with Crippen LogP contribution in [0.1, 0.15) is 13.8 Å². The van der Waals surface area contributed by atoms with Gasteiger partial charge in [-0.2, -0.15) is 0 Å².